The second-order valence-corrected chi connectivity index (χ2v) is 6.11. The average Bonchev–Trinajstić information content (AvgIpc) is 2.78. The second kappa shape index (κ2) is 6.75. The fourth-order valence-electron chi connectivity index (χ4n) is 1.67. The number of hydrogen-bond acceptors (Lipinski definition) is 4. The molecule has 0 bridgehead atoms. The fraction of sp³-hybridized carbons (Fsp3) is 0.250. The molecule has 2 aromatic rings. The van der Waals surface area contributed by atoms with Crippen molar-refractivity contribution in [3.63, 3.8) is 0 Å². The maximum atomic E-state index is 12.3. The zero-order valence-electron chi connectivity index (χ0n) is 11.2. The van der Waals surface area contributed by atoms with E-state index in [0.717, 1.165) is 3.57 Å². The summed E-state index contributed by atoms with van der Waals surface area (Å²) >= 11 is 13.1. The van der Waals surface area contributed by atoms with E-state index in [0.29, 0.717) is 26.9 Å². The van der Waals surface area contributed by atoms with Gasteiger partial charge in [0.05, 0.1) is 24.2 Å². The highest BCUT2D eigenvalue weighted by Crippen LogP contribution is 2.28. The Balaban J connectivity index is 2.19. The molecule has 0 aliphatic carbocycles. The highest BCUT2D eigenvalue weighted by molar-refractivity contribution is 14.1. The van der Waals surface area contributed by atoms with E-state index in [4.69, 9.17) is 28.6 Å². The predicted molar refractivity (Wildman–Crippen MR) is 90.3 cm³/mol. The van der Waals surface area contributed by atoms with Gasteiger partial charge in [0, 0.05) is 10.6 Å². The SMILES string of the molecule is COc1cc(I)c(Cl)cc1C(=O)NCc1n[nH]c(=S)n1C. The summed E-state index contributed by atoms with van der Waals surface area (Å²) in [6.07, 6.45) is 0. The van der Waals surface area contributed by atoms with Crippen LogP contribution in [0.3, 0.4) is 0 Å². The lowest BCUT2D eigenvalue weighted by atomic mass is 10.2. The van der Waals surface area contributed by atoms with Crippen LogP contribution in [0.4, 0.5) is 0 Å². The maximum Gasteiger partial charge on any atom is 0.255 e. The van der Waals surface area contributed by atoms with Crippen molar-refractivity contribution in [1.29, 1.82) is 0 Å². The lowest BCUT2D eigenvalue weighted by molar-refractivity contribution is 0.0946. The van der Waals surface area contributed by atoms with E-state index in [2.05, 4.69) is 38.1 Å². The van der Waals surface area contributed by atoms with E-state index < -0.39 is 0 Å². The number of ether oxygens (including phenoxy) is 1. The Morgan fingerprint density at radius 2 is 2.33 bits per heavy atom. The number of benzene rings is 1. The van der Waals surface area contributed by atoms with Crippen LogP contribution in [0.5, 0.6) is 5.75 Å². The second-order valence-electron chi connectivity index (χ2n) is 4.15. The van der Waals surface area contributed by atoms with Crippen LogP contribution in [-0.4, -0.2) is 27.8 Å². The Hall–Kier alpha value is -1.13. The standard InChI is InChI=1S/C12H12ClIN4O2S/c1-18-10(16-17-12(18)21)5-15-11(19)6-3-7(13)8(14)4-9(6)20-2/h3-4H,5H2,1-2H3,(H,15,19)(H,17,21). The van der Waals surface area contributed by atoms with Crippen LogP contribution >= 0.6 is 46.4 Å². The molecule has 0 fully saturated rings. The summed E-state index contributed by atoms with van der Waals surface area (Å²) < 4.78 is 8.21. The quantitative estimate of drug-likeness (QED) is 0.569. The molecule has 112 valence electrons. The number of methoxy groups -OCH3 is 1. The minimum Gasteiger partial charge on any atom is -0.496 e. The summed E-state index contributed by atoms with van der Waals surface area (Å²) in [6, 6.07) is 3.30. The van der Waals surface area contributed by atoms with Crippen LogP contribution < -0.4 is 10.1 Å². The third-order valence-electron chi connectivity index (χ3n) is 2.87. The molecule has 1 aromatic carbocycles. The molecule has 21 heavy (non-hydrogen) atoms. The van der Waals surface area contributed by atoms with Crippen molar-refractivity contribution < 1.29 is 9.53 Å². The van der Waals surface area contributed by atoms with Gasteiger partial charge in [0.2, 0.25) is 0 Å². The molecule has 0 aliphatic rings. The van der Waals surface area contributed by atoms with Gasteiger partial charge < -0.3 is 14.6 Å². The smallest absolute Gasteiger partial charge is 0.255 e. The maximum absolute atomic E-state index is 12.3. The number of aromatic nitrogens is 3. The molecular formula is C12H12ClIN4O2S. The zero-order chi connectivity index (χ0) is 15.6. The van der Waals surface area contributed by atoms with Gasteiger partial charge in [-0.15, -0.1) is 0 Å². The molecule has 1 heterocycles. The van der Waals surface area contributed by atoms with Crippen molar-refractivity contribution in [2.75, 3.05) is 7.11 Å². The van der Waals surface area contributed by atoms with E-state index in [-0.39, 0.29) is 12.5 Å². The summed E-state index contributed by atoms with van der Waals surface area (Å²) in [5.74, 6) is 0.805. The number of amides is 1. The number of nitrogens with zero attached hydrogens (tertiary/aromatic N) is 2. The fourth-order valence-corrected chi connectivity index (χ4v) is 2.42. The van der Waals surface area contributed by atoms with Crippen molar-refractivity contribution in [3.8, 4) is 5.75 Å². The summed E-state index contributed by atoms with van der Waals surface area (Å²) in [4.78, 5) is 12.3. The Bertz CT molecular complexity index is 743. The molecule has 2 rings (SSSR count). The number of halogens is 2. The van der Waals surface area contributed by atoms with E-state index in [1.807, 2.05) is 0 Å². The summed E-state index contributed by atoms with van der Waals surface area (Å²) in [7, 11) is 3.28. The van der Waals surface area contributed by atoms with E-state index in [9.17, 15) is 4.79 Å². The largest absolute Gasteiger partial charge is 0.496 e. The van der Waals surface area contributed by atoms with E-state index in [1.165, 1.54) is 7.11 Å². The van der Waals surface area contributed by atoms with Crippen molar-refractivity contribution in [2.45, 2.75) is 6.54 Å². The Morgan fingerprint density at radius 3 is 2.90 bits per heavy atom. The molecule has 0 saturated carbocycles. The predicted octanol–water partition coefficient (Wildman–Crippen LogP) is 2.67. The van der Waals surface area contributed by atoms with Gasteiger partial charge in [0.25, 0.3) is 5.91 Å². The minimum absolute atomic E-state index is 0.245. The molecule has 6 nitrogen and oxygen atoms in total. The Morgan fingerprint density at radius 1 is 1.62 bits per heavy atom. The molecule has 2 N–H and O–H groups in total. The van der Waals surface area contributed by atoms with Crippen molar-refractivity contribution in [1.82, 2.24) is 20.1 Å². The zero-order valence-corrected chi connectivity index (χ0v) is 15.0. The summed E-state index contributed by atoms with van der Waals surface area (Å²) in [6.45, 7) is 0.245. The number of aromatic amines is 1. The highest BCUT2D eigenvalue weighted by Gasteiger charge is 2.15. The number of nitrogens with one attached hydrogen (secondary N) is 2. The number of H-pyrrole nitrogens is 1. The van der Waals surface area contributed by atoms with E-state index >= 15 is 0 Å². The monoisotopic (exact) mass is 438 g/mol. The molecular weight excluding hydrogens is 427 g/mol. The van der Waals surface area contributed by atoms with Gasteiger partial charge in [-0.2, -0.15) is 5.10 Å². The third kappa shape index (κ3) is 3.55. The van der Waals surface area contributed by atoms with Crippen LogP contribution in [0.2, 0.25) is 5.02 Å². The number of rotatable bonds is 4. The molecule has 9 heteroatoms. The van der Waals surface area contributed by atoms with Crippen LogP contribution in [0.25, 0.3) is 0 Å². The first-order valence-corrected chi connectivity index (χ1v) is 7.72. The summed E-state index contributed by atoms with van der Waals surface area (Å²) in [5, 5.41) is 9.95. The van der Waals surface area contributed by atoms with Crippen LogP contribution in [0.1, 0.15) is 16.2 Å². The number of carbonyl (C=O) groups is 1. The lowest BCUT2D eigenvalue weighted by Gasteiger charge is -2.10. The van der Waals surface area contributed by atoms with Crippen LogP contribution in [-0.2, 0) is 13.6 Å². The third-order valence-corrected chi connectivity index (χ3v) is 4.76. The Labute approximate surface area is 145 Å². The van der Waals surface area contributed by atoms with Crippen LogP contribution in [0.15, 0.2) is 12.1 Å². The van der Waals surface area contributed by atoms with Gasteiger partial charge >= 0.3 is 0 Å². The number of carbonyl (C=O) groups excluding carboxylic acids is 1. The molecule has 0 saturated heterocycles. The topological polar surface area (TPSA) is 71.9 Å². The van der Waals surface area contributed by atoms with Crippen molar-refractivity contribution in [2.24, 2.45) is 7.05 Å². The minimum atomic E-state index is -0.293. The van der Waals surface area contributed by atoms with Crippen molar-refractivity contribution >= 4 is 52.3 Å². The molecule has 0 atom stereocenters. The van der Waals surface area contributed by atoms with Gasteiger partial charge in [-0.05, 0) is 46.9 Å². The molecule has 0 aliphatic heterocycles. The van der Waals surface area contributed by atoms with Crippen molar-refractivity contribution in [3.05, 3.63) is 36.9 Å². The van der Waals surface area contributed by atoms with Gasteiger partial charge in [0.1, 0.15) is 5.75 Å². The normalized spacial score (nSPS) is 10.5. The van der Waals surface area contributed by atoms with Gasteiger partial charge in [-0.25, -0.2) is 0 Å². The molecule has 1 aromatic heterocycles. The molecule has 0 unspecified atom stereocenters. The van der Waals surface area contributed by atoms with Gasteiger partial charge in [-0.3, -0.25) is 9.89 Å². The molecule has 0 spiro atoms. The first kappa shape index (κ1) is 16.2. The average molecular weight is 439 g/mol. The van der Waals surface area contributed by atoms with Gasteiger partial charge in [-0.1, -0.05) is 11.6 Å². The first-order chi connectivity index (χ1) is 9.93. The number of hydrogen-bond donors (Lipinski definition) is 2. The molecule has 1 amide bonds. The summed E-state index contributed by atoms with van der Waals surface area (Å²) in [5.41, 5.74) is 0.375. The van der Waals surface area contributed by atoms with E-state index in [1.54, 1.807) is 23.7 Å². The molecule has 0 radical (unpaired) electrons. The van der Waals surface area contributed by atoms with Crippen LogP contribution in [0, 0.1) is 8.34 Å². The van der Waals surface area contributed by atoms with Gasteiger partial charge in [0.15, 0.2) is 10.6 Å². The lowest BCUT2D eigenvalue weighted by Crippen LogP contribution is -2.25. The first-order valence-electron chi connectivity index (χ1n) is 5.85. The highest BCUT2D eigenvalue weighted by atomic mass is 127. The Kier molecular flexibility index (Phi) is 5.22.